The first kappa shape index (κ1) is 25.5. The van der Waals surface area contributed by atoms with E-state index in [1.165, 1.54) is 71.2 Å². The van der Waals surface area contributed by atoms with Crippen LogP contribution in [-0.4, -0.2) is 9.55 Å². The van der Waals surface area contributed by atoms with Gasteiger partial charge in [0.2, 0.25) is 0 Å². The summed E-state index contributed by atoms with van der Waals surface area (Å²) in [6.07, 6.45) is 3.73. The fraction of sp³-hybridized carbons (Fsp3) is 0. The van der Waals surface area contributed by atoms with Crippen molar-refractivity contribution in [3.8, 4) is 39.1 Å². The lowest BCUT2D eigenvalue weighted by molar-refractivity contribution is 1.18. The van der Waals surface area contributed by atoms with Crippen molar-refractivity contribution in [2.45, 2.75) is 0 Å². The van der Waals surface area contributed by atoms with Crippen LogP contribution in [-0.2, 0) is 0 Å². The summed E-state index contributed by atoms with van der Waals surface area (Å²) >= 11 is 0. The molecule has 9 rings (SSSR count). The topological polar surface area (TPSA) is 17.8 Å². The van der Waals surface area contributed by atoms with Crippen LogP contribution in [0.4, 0.5) is 0 Å². The standard InChI is InChI=1S/C43H28N2/c1-3-15-38-36(13-1)42(30-21-19-29(20-22-30)32-10-9-27-44-28-32)37-14-2-4-16-39(37)43(38)31-23-25-33(26-24-31)45-40-17-7-5-11-34(40)35-12-6-8-18-41(35)45/h1-28H. The third-order valence-corrected chi connectivity index (χ3v) is 9.09. The fourth-order valence-electron chi connectivity index (χ4n) is 7.09. The second-order valence-electron chi connectivity index (χ2n) is 11.6. The summed E-state index contributed by atoms with van der Waals surface area (Å²) in [5.74, 6) is 0. The third-order valence-electron chi connectivity index (χ3n) is 9.09. The van der Waals surface area contributed by atoms with Crippen molar-refractivity contribution in [2.24, 2.45) is 0 Å². The van der Waals surface area contributed by atoms with Gasteiger partial charge in [0.15, 0.2) is 0 Å². The highest BCUT2D eigenvalue weighted by atomic mass is 15.0. The molecule has 9 aromatic rings. The van der Waals surface area contributed by atoms with Crippen molar-refractivity contribution in [3.05, 3.63) is 170 Å². The van der Waals surface area contributed by atoms with Crippen LogP contribution in [0.2, 0.25) is 0 Å². The highest BCUT2D eigenvalue weighted by Crippen LogP contribution is 2.44. The van der Waals surface area contributed by atoms with Gasteiger partial charge < -0.3 is 4.57 Å². The molecule has 0 aliphatic carbocycles. The van der Waals surface area contributed by atoms with Gasteiger partial charge in [-0.05, 0) is 85.3 Å². The summed E-state index contributed by atoms with van der Waals surface area (Å²) < 4.78 is 2.38. The molecule has 0 radical (unpaired) electrons. The van der Waals surface area contributed by atoms with Gasteiger partial charge in [-0.25, -0.2) is 0 Å². The van der Waals surface area contributed by atoms with Gasteiger partial charge >= 0.3 is 0 Å². The Labute approximate surface area is 261 Å². The summed E-state index contributed by atoms with van der Waals surface area (Å²) in [6.45, 7) is 0. The van der Waals surface area contributed by atoms with E-state index in [9.17, 15) is 0 Å². The molecular formula is C43H28N2. The van der Waals surface area contributed by atoms with E-state index in [4.69, 9.17) is 0 Å². The van der Waals surface area contributed by atoms with Crippen molar-refractivity contribution >= 4 is 43.4 Å². The Kier molecular flexibility index (Phi) is 5.85. The molecule has 0 amide bonds. The summed E-state index contributed by atoms with van der Waals surface area (Å²) in [7, 11) is 0. The van der Waals surface area contributed by atoms with E-state index in [0.717, 1.165) is 11.3 Å². The number of aromatic nitrogens is 2. The molecule has 0 aliphatic heterocycles. The molecular weight excluding hydrogens is 544 g/mol. The number of rotatable bonds is 4. The Balaban J connectivity index is 1.23. The molecule has 0 N–H and O–H groups in total. The average Bonchev–Trinajstić information content (AvgIpc) is 3.45. The minimum atomic E-state index is 1.12. The summed E-state index contributed by atoms with van der Waals surface area (Å²) in [5.41, 5.74) is 10.9. The number of pyridine rings is 1. The summed E-state index contributed by atoms with van der Waals surface area (Å²) in [6, 6.07) is 57.1. The number of hydrogen-bond acceptors (Lipinski definition) is 1. The number of fused-ring (bicyclic) bond motifs is 5. The fourth-order valence-corrected chi connectivity index (χ4v) is 7.09. The SMILES string of the molecule is c1cncc(-c2ccc(-c3c4ccccc4c(-c4ccc(-n5c6ccccc6c6ccccc65)cc4)c4ccccc34)cc2)c1. The van der Waals surface area contributed by atoms with Gasteiger partial charge in [0, 0.05) is 28.9 Å². The van der Waals surface area contributed by atoms with E-state index in [0.29, 0.717) is 0 Å². The van der Waals surface area contributed by atoms with Gasteiger partial charge in [0.1, 0.15) is 0 Å². The molecule has 210 valence electrons. The summed E-state index contributed by atoms with van der Waals surface area (Å²) in [5, 5.41) is 7.58. The molecule has 0 bridgehead atoms. The monoisotopic (exact) mass is 572 g/mol. The maximum absolute atomic E-state index is 4.31. The molecule has 2 heterocycles. The minimum absolute atomic E-state index is 1.12. The van der Waals surface area contributed by atoms with Crippen LogP contribution in [0.25, 0.3) is 82.4 Å². The molecule has 0 unspecified atom stereocenters. The van der Waals surface area contributed by atoms with Gasteiger partial charge in [0.05, 0.1) is 11.0 Å². The lowest BCUT2D eigenvalue weighted by Gasteiger charge is -2.18. The van der Waals surface area contributed by atoms with Crippen LogP contribution in [0.3, 0.4) is 0 Å². The van der Waals surface area contributed by atoms with Crippen LogP contribution in [0, 0.1) is 0 Å². The molecule has 2 nitrogen and oxygen atoms in total. The van der Waals surface area contributed by atoms with E-state index in [1.807, 2.05) is 18.5 Å². The molecule has 0 fully saturated rings. The lowest BCUT2D eigenvalue weighted by atomic mass is 9.85. The van der Waals surface area contributed by atoms with Crippen LogP contribution >= 0.6 is 0 Å². The molecule has 0 aliphatic rings. The van der Waals surface area contributed by atoms with Gasteiger partial charge in [0.25, 0.3) is 0 Å². The lowest BCUT2D eigenvalue weighted by Crippen LogP contribution is -1.94. The highest BCUT2D eigenvalue weighted by molar-refractivity contribution is 6.21. The number of para-hydroxylation sites is 2. The molecule has 2 aromatic heterocycles. The number of nitrogens with zero attached hydrogens (tertiary/aromatic N) is 2. The van der Waals surface area contributed by atoms with Gasteiger partial charge in [-0.2, -0.15) is 0 Å². The molecule has 0 saturated heterocycles. The van der Waals surface area contributed by atoms with Crippen molar-refractivity contribution in [2.75, 3.05) is 0 Å². The first-order valence-electron chi connectivity index (χ1n) is 15.4. The first-order valence-corrected chi connectivity index (χ1v) is 15.4. The molecule has 2 heteroatoms. The Morgan fingerprint density at radius 1 is 0.333 bits per heavy atom. The van der Waals surface area contributed by atoms with E-state index < -0.39 is 0 Å². The van der Waals surface area contributed by atoms with Crippen molar-refractivity contribution in [1.29, 1.82) is 0 Å². The van der Waals surface area contributed by atoms with E-state index in [2.05, 4.69) is 161 Å². The van der Waals surface area contributed by atoms with Crippen LogP contribution < -0.4 is 0 Å². The number of hydrogen-bond donors (Lipinski definition) is 0. The predicted octanol–water partition coefficient (Wildman–Crippen LogP) is 11.5. The third kappa shape index (κ3) is 4.07. The Hall–Kier alpha value is -5.99. The zero-order chi connectivity index (χ0) is 29.7. The Morgan fingerprint density at radius 2 is 0.756 bits per heavy atom. The first-order chi connectivity index (χ1) is 22.3. The van der Waals surface area contributed by atoms with Crippen molar-refractivity contribution < 1.29 is 0 Å². The van der Waals surface area contributed by atoms with Crippen molar-refractivity contribution in [3.63, 3.8) is 0 Å². The Morgan fingerprint density at radius 3 is 1.22 bits per heavy atom. The number of benzene rings is 7. The van der Waals surface area contributed by atoms with Crippen LogP contribution in [0.5, 0.6) is 0 Å². The van der Waals surface area contributed by atoms with Crippen LogP contribution in [0.1, 0.15) is 0 Å². The molecule has 0 spiro atoms. The largest absolute Gasteiger partial charge is 0.309 e. The maximum Gasteiger partial charge on any atom is 0.0541 e. The Bertz CT molecular complexity index is 2390. The second kappa shape index (κ2) is 10.3. The maximum atomic E-state index is 4.31. The predicted molar refractivity (Wildman–Crippen MR) is 190 cm³/mol. The van der Waals surface area contributed by atoms with Gasteiger partial charge in [-0.3, -0.25) is 4.98 Å². The van der Waals surface area contributed by atoms with Gasteiger partial charge in [-0.1, -0.05) is 127 Å². The molecule has 7 aromatic carbocycles. The van der Waals surface area contributed by atoms with E-state index in [-0.39, 0.29) is 0 Å². The highest BCUT2D eigenvalue weighted by Gasteiger charge is 2.17. The zero-order valence-corrected chi connectivity index (χ0v) is 24.6. The molecule has 45 heavy (non-hydrogen) atoms. The smallest absolute Gasteiger partial charge is 0.0541 e. The molecule has 0 atom stereocenters. The van der Waals surface area contributed by atoms with E-state index in [1.54, 1.807) is 0 Å². The van der Waals surface area contributed by atoms with Crippen molar-refractivity contribution in [1.82, 2.24) is 9.55 Å². The normalized spacial score (nSPS) is 11.6. The average molecular weight is 573 g/mol. The van der Waals surface area contributed by atoms with E-state index >= 15 is 0 Å². The second-order valence-corrected chi connectivity index (χ2v) is 11.6. The minimum Gasteiger partial charge on any atom is -0.309 e. The quantitative estimate of drug-likeness (QED) is 0.192. The van der Waals surface area contributed by atoms with Crippen LogP contribution in [0.15, 0.2) is 170 Å². The zero-order valence-electron chi connectivity index (χ0n) is 24.6. The summed E-state index contributed by atoms with van der Waals surface area (Å²) in [4.78, 5) is 4.31. The molecule has 0 saturated carbocycles. The van der Waals surface area contributed by atoms with Gasteiger partial charge in [-0.15, -0.1) is 0 Å².